The molecule has 1 amide bonds. The van der Waals surface area contributed by atoms with Crippen molar-refractivity contribution in [2.75, 3.05) is 25.0 Å². The van der Waals surface area contributed by atoms with Crippen LogP contribution in [-0.2, 0) is 4.79 Å². The smallest absolute Gasteiger partial charge is 0.239 e. The first-order chi connectivity index (χ1) is 11.3. The number of carbonyl (C=O) groups excluding carboxylic acids is 1. The zero-order valence-electron chi connectivity index (χ0n) is 14.7. The Morgan fingerprint density at radius 3 is 2.61 bits per heavy atom. The first-order valence-electron chi connectivity index (χ1n) is 8.99. The summed E-state index contributed by atoms with van der Waals surface area (Å²) >= 11 is 0. The molecule has 1 aromatic carbocycles. The van der Waals surface area contributed by atoms with Gasteiger partial charge in [0.15, 0.2) is 0 Å². The van der Waals surface area contributed by atoms with Crippen LogP contribution < -0.4 is 15.4 Å². The molecule has 0 aliphatic rings. The van der Waals surface area contributed by atoms with Crippen LogP contribution in [0, 0.1) is 0 Å². The third-order valence-corrected chi connectivity index (χ3v) is 3.66. The van der Waals surface area contributed by atoms with E-state index in [1.165, 1.54) is 25.7 Å². The lowest BCUT2D eigenvalue weighted by Gasteiger charge is -2.10. The van der Waals surface area contributed by atoms with Gasteiger partial charge in [-0.15, -0.1) is 0 Å². The Hall–Kier alpha value is -1.71. The first kappa shape index (κ1) is 19.3. The normalized spacial score (nSPS) is 10.3. The minimum Gasteiger partial charge on any atom is -0.494 e. The van der Waals surface area contributed by atoms with Crippen molar-refractivity contribution < 1.29 is 9.53 Å². The minimum absolute atomic E-state index is 0.0396. The third-order valence-electron chi connectivity index (χ3n) is 3.66. The molecule has 0 aliphatic carbocycles. The van der Waals surface area contributed by atoms with Gasteiger partial charge in [0.2, 0.25) is 5.91 Å². The van der Waals surface area contributed by atoms with Crippen LogP contribution in [0.3, 0.4) is 0 Å². The van der Waals surface area contributed by atoms with Crippen LogP contribution >= 0.6 is 0 Å². The van der Waals surface area contributed by atoms with Crippen molar-refractivity contribution in [3.05, 3.63) is 24.3 Å². The number of rotatable bonds is 13. The Morgan fingerprint density at radius 1 is 1.04 bits per heavy atom. The van der Waals surface area contributed by atoms with Crippen LogP contribution in [0.25, 0.3) is 0 Å². The second-order valence-corrected chi connectivity index (χ2v) is 5.85. The Bertz CT molecular complexity index is 435. The fraction of sp³-hybridized carbons (Fsp3) is 0.632. The summed E-state index contributed by atoms with van der Waals surface area (Å²) in [4.78, 5) is 11.8. The van der Waals surface area contributed by atoms with E-state index >= 15 is 0 Å². The molecule has 4 nitrogen and oxygen atoms in total. The number of hydrogen-bond acceptors (Lipinski definition) is 3. The molecule has 0 fully saturated rings. The summed E-state index contributed by atoms with van der Waals surface area (Å²) in [5, 5.41) is 6.10. The quantitative estimate of drug-likeness (QED) is 0.531. The Labute approximate surface area is 141 Å². The van der Waals surface area contributed by atoms with Crippen LogP contribution in [0.4, 0.5) is 5.69 Å². The van der Waals surface area contributed by atoms with E-state index in [1.807, 2.05) is 24.3 Å². The number of ether oxygens (including phenoxy) is 1. The molecule has 4 heteroatoms. The molecule has 130 valence electrons. The predicted molar refractivity (Wildman–Crippen MR) is 97.1 cm³/mol. The fourth-order valence-corrected chi connectivity index (χ4v) is 2.23. The number of nitrogens with one attached hydrogen (secondary N) is 2. The number of carbonyl (C=O) groups is 1. The molecular weight excluding hydrogens is 288 g/mol. The molecular formula is C19H32N2O2. The van der Waals surface area contributed by atoms with Crippen molar-refractivity contribution in [1.29, 1.82) is 0 Å². The summed E-state index contributed by atoms with van der Waals surface area (Å²) < 4.78 is 5.66. The molecule has 0 spiro atoms. The zero-order chi connectivity index (χ0) is 16.8. The average Bonchev–Trinajstić information content (AvgIpc) is 2.57. The van der Waals surface area contributed by atoms with Gasteiger partial charge in [-0.05, 0) is 25.0 Å². The Morgan fingerprint density at radius 2 is 1.83 bits per heavy atom. The highest BCUT2D eigenvalue weighted by Crippen LogP contribution is 2.17. The summed E-state index contributed by atoms with van der Waals surface area (Å²) in [6.07, 6.45) is 8.22. The van der Waals surface area contributed by atoms with Gasteiger partial charge in [0.1, 0.15) is 5.75 Å². The summed E-state index contributed by atoms with van der Waals surface area (Å²) in [5.74, 6) is 0.887. The maximum absolute atomic E-state index is 11.8. The van der Waals surface area contributed by atoms with Gasteiger partial charge in [-0.3, -0.25) is 4.79 Å². The van der Waals surface area contributed by atoms with E-state index < -0.39 is 0 Å². The van der Waals surface area contributed by atoms with Crippen LogP contribution in [0.5, 0.6) is 5.75 Å². The van der Waals surface area contributed by atoms with Gasteiger partial charge in [0.05, 0.1) is 13.2 Å². The summed E-state index contributed by atoms with van der Waals surface area (Å²) in [6.45, 7) is 6.15. The fourth-order valence-electron chi connectivity index (χ4n) is 2.23. The van der Waals surface area contributed by atoms with Gasteiger partial charge in [-0.1, -0.05) is 52.0 Å². The number of amides is 1. The van der Waals surface area contributed by atoms with Crippen molar-refractivity contribution in [2.24, 2.45) is 0 Å². The maximum atomic E-state index is 11.8. The van der Waals surface area contributed by atoms with E-state index in [2.05, 4.69) is 24.5 Å². The highest BCUT2D eigenvalue weighted by atomic mass is 16.5. The summed E-state index contributed by atoms with van der Waals surface area (Å²) in [5.41, 5.74) is 0.914. The van der Waals surface area contributed by atoms with Gasteiger partial charge in [0.25, 0.3) is 0 Å². The van der Waals surface area contributed by atoms with Crippen LogP contribution in [0.1, 0.15) is 58.8 Å². The Kier molecular flexibility index (Phi) is 10.8. The highest BCUT2D eigenvalue weighted by molar-refractivity contribution is 5.80. The molecule has 0 atom stereocenters. The zero-order valence-corrected chi connectivity index (χ0v) is 14.7. The van der Waals surface area contributed by atoms with E-state index in [-0.39, 0.29) is 5.91 Å². The second-order valence-electron chi connectivity index (χ2n) is 5.85. The van der Waals surface area contributed by atoms with Gasteiger partial charge in [-0.2, -0.15) is 0 Å². The minimum atomic E-state index is 0.0396. The number of unbranched alkanes of at least 4 members (excludes halogenated alkanes) is 5. The van der Waals surface area contributed by atoms with Gasteiger partial charge in [-0.25, -0.2) is 0 Å². The molecule has 0 bridgehead atoms. The standard InChI is InChI=1S/C19H32N2O2/c1-3-5-7-8-9-13-20-19(22)16-21-17-11-10-12-18(15-17)23-14-6-4-2/h10-12,15,21H,3-9,13-14,16H2,1-2H3,(H,20,22). The highest BCUT2D eigenvalue weighted by Gasteiger charge is 2.02. The molecule has 23 heavy (non-hydrogen) atoms. The largest absolute Gasteiger partial charge is 0.494 e. The lowest BCUT2D eigenvalue weighted by atomic mass is 10.1. The molecule has 2 N–H and O–H groups in total. The number of anilines is 1. The summed E-state index contributed by atoms with van der Waals surface area (Å²) in [6, 6.07) is 7.77. The Balaban J connectivity index is 2.18. The number of hydrogen-bond donors (Lipinski definition) is 2. The van der Waals surface area contributed by atoms with E-state index in [4.69, 9.17) is 4.74 Å². The van der Waals surface area contributed by atoms with E-state index in [0.29, 0.717) is 6.54 Å². The SMILES string of the molecule is CCCCCCCNC(=O)CNc1cccc(OCCCC)c1. The average molecular weight is 320 g/mol. The van der Waals surface area contributed by atoms with Crippen molar-refractivity contribution in [3.63, 3.8) is 0 Å². The van der Waals surface area contributed by atoms with Gasteiger partial charge >= 0.3 is 0 Å². The van der Waals surface area contributed by atoms with Crippen molar-refractivity contribution in [1.82, 2.24) is 5.32 Å². The van der Waals surface area contributed by atoms with E-state index in [1.54, 1.807) is 0 Å². The second kappa shape index (κ2) is 12.8. The van der Waals surface area contributed by atoms with Gasteiger partial charge in [0, 0.05) is 18.3 Å². The lowest BCUT2D eigenvalue weighted by molar-refractivity contribution is -0.119. The number of benzene rings is 1. The van der Waals surface area contributed by atoms with Crippen LogP contribution in [0.2, 0.25) is 0 Å². The molecule has 0 unspecified atom stereocenters. The molecule has 0 saturated heterocycles. The lowest BCUT2D eigenvalue weighted by Crippen LogP contribution is -2.30. The van der Waals surface area contributed by atoms with E-state index in [0.717, 1.165) is 43.9 Å². The summed E-state index contributed by atoms with van der Waals surface area (Å²) in [7, 11) is 0. The molecule has 0 radical (unpaired) electrons. The monoisotopic (exact) mass is 320 g/mol. The topological polar surface area (TPSA) is 50.4 Å². The van der Waals surface area contributed by atoms with Crippen molar-refractivity contribution >= 4 is 11.6 Å². The van der Waals surface area contributed by atoms with Crippen LogP contribution in [0.15, 0.2) is 24.3 Å². The third kappa shape index (κ3) is 9.82. The molecule has 0 saturated carbocycles. The molecule has 1 aromatic rings. The van der Waals surface area contributed by atoms with E-state index in [9.17, 15) is 4.79 Å². The molecule has 0 aromatic heterocycles. The van der Waals surface area contributed by atoms with Crippen molar-refractivity contribution in [3.8, 4) is 5.75 Å². The molecule has 0 heterocycles. The van der Waals surface area contributed by atoms with Gasteiger partial charge < -0.3 is 15.4 Å². The molecule has 0 aliphatic heterocycles. The van der Waals surface area contributed by atoms with Crippen molar-refractivity contribution in [2.45, 2.75) is 58.8 Å². The maximum Gasteiger partial charge on any atom is 0.239 e. The predicted octanol–water partition coefficient (Wildman–Crippen LogP) is 4.36. The molecule has 1 rings (SSSR count). The first-order valence-corrected chi connectivity index (χ1v) is 8.99. The van der Waals surface area contributed by atoms with Crippen LogP contribution in [-0.4, -0.2) is 25.6 Å².